The average Bonchev–Trinajstić information content (AvgIpc) is 3.07. The van der Waals surface area contributed by atoms with Crippen LogP contribution in [0.5, 0.6) is 0 Å². The molecule has 3 aliphatic heterocycles. The van der Waals surface area contributed by atoms with Gasteiger partial charge in [-0.1, -0.05) is 54.9 Å². The minimum Gasteiger partial charge on any atom is -0.480 e. The summed E-state index contributed by atoms with van der Waals surface area (Å²) >= 11 is 3.53. The molecule has 4 aliphatic rings. The van der Waals surface area contributed by atoms with Gasteiger partial charge in [0.05, 0.1) is 6.04 Å². The lowest BCUT2D eigenvalue weighted by Crippen LogP contribution is -2.48. The first kappa shape index (κ1) is 24.3. The summed E-state index contributed by atoms with van der Waals surface area (Å²) in [5, 5.41) is 6.98. The summed E-state index contributed by atoms with van der Waals surface area (Å²) in [7, 11) is 0. The van der Waals surface area contributed by atoms with Gasteiger partial charge in [0.2, 0.25) is 0 Å². The number of nitrogens with zero attached hydrogens (tertiary/aromatic N) is 2. The second-order valence-electron chi connectivity index (χ2n) is 9.64. The summed E-state index contributed by atoms with van der Waals surface area (Å²) in [6.45, 7) is 14.1. The SMILES string of the molecule is Brc1ccc(N2CCN(CC3=CC4=C(OCNC4)C4NCC=CC=C34)CC2)cc1.CC(C)C. The molecule has 5 rings (SSSR count). The van der Waals surface area contributed by atoms with Crippen molar-refractivity contribution in [2.75, 3.05) is 57.4 Å². The van der Waals surface area contributed by atoms with Gasteiger partial charge in [0.25, 0.3) is 0 Å². The van der Waals surface area contributed by atoms with E-state index in [-0.39, 0.29) is 6.04 Å². The van der Waals surface area contributed by atoms with Gasteiger partial charge in [-0.15, -0.1) is 0 Å². The Labute approximate surface area is 207 Å². The number of anilines is 1. The molecule has 0 amide bonds. The van der Waals surface area contributed by atoms with E-state index in [1.54, 1.807) is 0 Å². The zero-order valence-corrected chi connectivity index (χ0v) is 21.7. The Morgan fingerprint density at radius 1 is 1.09 bits per heavy atom. The summed E-state index contributed by atoms with van der Waals surface area (Å²) in [6.07, 6.45) is 8.98. The number of allylic oxidation sites excluding steroid dienone is 2. The highest BCUT2D eigenvalue weighted by Crippen LogP contribution is 2.33. The molecule has 1 aromatic carbocycles. The third-order valence-corrected chi connectivity index (χ3v) is 6.59. The van der Waals surface area contributed by atoms with Crippen molar-refractivity contribution < 1.29 is 4.74 Å². The Bertz CT molecular complexity index is 921. The third kappa shape index (κ3) is 6.38. The Morgan fingerprint density at radius 2 is 1.82 bits per heavy atom. The van der Waals surface area contributed by atoms with Crippen molar-refractivity contribution in [1.82, 2.24) is 15.5 Å². The molecule has 1 aromatic rings. The molecule has 0 radical (unpaired) electrons. The van der Waals surface area contributed by atoms with Crippen molar-refractivity contribution in [1.29, 1.82) is 0 Å². The number of rotatable bonds is 3. The molecular weight excluding hydrogens is 476 g/mol. The van der Waals surface area contributed by atoms with Crippen LogP contribution in [0.25, 0.3) is 0 Å². The van der Waals surface area contributed by atoms with Gasteiger partial charge < -0.3 is 15.0 Å². The van der Waals surface area contributed by atoms with Crippen molar-refractivity contribution in [3.8, 4) is 0 Å². The highest BCUT2D eigenvalue weighted by molar-refractivity contribution is 9.10. The van der Waals surface area contributed by atoms with Gasteiger partial charge in [-0.3, -0.25) is 10.2 Å². The number of nitrogens with one attached hydrogen (secondary N) is 2. The van der Waals surface area contributed by atoms with Gasteiger partial charge >= 0.3 is 0 Å². The molecule has 1 aliphatic carbocycles. The third-order valence-electron chi connectivity index (χ3n) is 6.06. The van der Waals surface area contributed by atoms with E-state index in [9.17, 15) is 0 Å². The number of piperazine rings is 1. The van der Waals surface area contributed by atoms with Crippen LogP contribution in [0.2, 0.25) is 0 Å². The van der Waals surface area contributed by atoms with Crippen LogP contribution >= 0.6 is 15.9 Å². The Hall–Kier alpha value is -1.86. The fourth-order valence-corrected chi connectivity index (χ4v) is 4.80. The van der Waals surface area contributed by atoms with Crippen molar-refractivity contribution in [2.24, 2.45) is 5.92 Å². The van der Waals surface area contributed by atoms with E-state index in [4.69, 9.17) is 4.74 Å². The summed E-state index contributed by atoms with van der Waals surface area (Å²) in [4.78, 5) is 5.06. The van der Waals surface area contributed by atoms with E-state index >= 15 is 0 Å². The normalized spacial score (nSPS) is 22.9. The Balaban J connectivity index is 0.000000601. The average molecular weight is 514 g/mol. The molecule has 1 saturated heterocycles. The molecule has 3 heterocycles. The fraction of sp³-hybridized carbons (Fsp3) is 0.481. The molecule has 1 atom stereocenters. The fourth-order valence-electron chi connectivity index (χ4n) is 4.53. The molecule has 178 valence electrons. The number of benzene rings is 1. The number of hydrogen-bond donors (Lipinski definition) is 2. The standard InChI is InChI=1S/C23H27BrN4O.C4H10/c24-19-4-6-20(7-5-19)28-11-9-27(10-12-28)15-18-13-17-14-25-16-29-23(17)22-21(18)3-1-2-8-26-22;1-4(2)3/h1-7,13,22,25-26H,8-12,14-16H2;4H,1-3H3. The van der Waals surface area contributed by atoms with Gasteiger partial charge in [0.15, 0.2) is 0 Å². The highest BCUT2D eigenvalue weighted by atomic mass is 79.9. The predicted octanol–water partition coefficient (Wildman–Crippen LogP) is 4.46. The van der Waals surface area contributed by atoms with Crippen molar-refractivity contribution in [3.63, 3.8) is 0 Å². The first-order valence-corrected chi connectivity index (χ1v) is 12.9. The zero-order valence-electron chi connectivity index (χ0n) is 20.1. The minimum atomic E-state index is 0.172. The molecule has 6 heteroatoms. The lowest BCUT2D eigenvalue weighted by Gasteiger charge is -2.39. The molecule has 1 unspecified atom stereocenters. The molecule has 0 saturated carbocycles. The van der Waals surface area contributed by atoms with E-state index in [2.05, 4.69) is 106 Å². The number of hydrogen-bond acceptors (Lipinski definition) is 5. The van der Waals surface area contributed by atoms with Gasteiger partial charge in [-0.05, 0) is 47.4 Å². The summed E-state index contributed by atoms with van der Waals surface area (Å²) in [5.41, 5.74) is 5.37. The van der Waals surface area contributed by atoms with E-state index in [0.29, 0.717) is 6.73 Å². The van der Waals surface area contributed by atoms with Gasteiger partial charge in [0, 0.05) is 61.5 Å². The summed E-state index contributed by atoms with van der Waals surface area (Å²) in [5.74, 6) is 1.93. The first-order chi connectivity index (χ1) is 16.0. The highest BCUT2D eigenvalue weighted by Gasteiger charge is 2.32. The van der Waals surface area contributed by atoms with Gasteiger partial charge in [-0.25, -0.2) is 0 Å². The summed E-state index contributed by atoms with van der Waals surface area (Å²) in [6, 6.07) is 8.82. The zero-order chi connectivity index (χ0) is 23.2. The maximum atomic E-state index is 5.99. The molecule has 1 fully saturated rings. The predicted molar refractivity (Wildman–Crippen MR) is 141 cm³/mol. The van der Waals surface area contributed by atoms with Crippen LogP contribution in [0.1, 0.15) is 20.8 Å². The van der Waals surface area contributed by atoms with E-state index in [1.165, 1.54) is 22.4 Å². The minimum absolute atomic E-state index is 0.172. The molecule has 33 heavy (non-hydrogen) atoms. The van der Waals surface area contributed by atoms with Crippen LogP contribution < -0.4 is 15.5 Å². The van der Waals surface area contributed by atoms with E-state index in [0.717, 1.165) is 62.0 Å². The lowest BCUT2D eigenvalue weighted by molar-refractivity contribution is 0.154. The second-order valence-corrected chi connectivity index (χ2v) is 10.6. The van der Waals surface area contributed by atoms with Crippen molar-refractivity contribution in [3.05, 3.63) is 75.5 Å². The van der Waals surface area contributed by atoms with E-state index < -0.39 is 0 Å². The maximum Gasteiger partial charge on any atom is 0.139 e. The smallest absolute Gasteiger partial charge is 0.139 e. The van der Waals surface area contributed by atoms with E-state index in [1.807, 2.05) is 0 Å². The molecular formula is C27H37BrN4O. The van der Waals surface area contributed by atoms with Gasteiger partial charge in [0.1, 0.15) is 12.5 Å². The number of ether oxygens (including phenoxy) is 1. The maximum absolute atomic E-state index is 5.99. The lowest BCUT2D eigenvalue weighted by atomic mass is 9.87. The summed E-state index contributed by atoms with van der Waals surface area (Å²) < 4.78 is 7.12. The topological polar surface area (TPSA) is 39.8 Å². The quantitative estimate of drug-likeness (QED) is 0.625. The van der Waals surface area contributed by atoms with Crippen LogP contribution in [0, 0.1) is 5.92 Å². The van der Waals surface area contributed by atoms with Crippen molar-refractivity contribution >= 4 is 21.6 Å². The van der Waals surface area contributed by atoms with Gasteiger partial charge in [-0.2, -0.15) is 0 Å². The monoisotopic (exact) mass is 512 g/mol. The van der Waals surface area contributed by atoms with Crippen LogP contribution in [0.4, 0.5) is 5.69 Å². The Kier molecular flexibility index (Phi) is 8.47. The molecule has 0 aromatic heterocycles. The van der Waals surface area contributed by atoms with Crippen molar-refractivity contribution in [2.45, 2.75) is 26.8 Å². The first-order valence-electron chi connectivity index (χ1n) is 12.1. The largest absolute Gasteiger partial charge is 0.480 e. The number of fused-ring (bicyclic) bond motifs is 2. The van der Waals surface area contributed by atoms with Crippen LogP contribution in [-0.2, 0) is 4.74 Å². The van der Waals surface area contributed by atoms with Crippen LogP contribution in [0.15, 0.2) is 75.5 Å². The van der Waals surface area contributed by atoms with Crippen LogP contribution in [0.3, 0.4) is 0 Å². The number of halogens is 1. The molecule has 2 N–H and O–H groups in total. The Morgan fingerprint density at radius 3 is 2.55 bits per heavy atom. The molecule has 5 nitrogen and oxygen atoms in total. The molecule has 0 bridgehead atoms. The molecule has 0 spiro atoms. The second kappa shape index (κ2) is 11.5. The van der Waals surface area contributed by atoms with Crippen LogP contribution in [-0.4, -0.2) is 63.5 Å².